The van der Waals surface area contributed by atoms with Crippen molar-refractivity contribution in [1.29, 1.82) is 5.26 Å². The lowest BCUT2D eigenvalue weighted by Crippen LogP contribution is -2.75. The van der Waals surface area contributed by atoms with Gasteiger partial charge in [0, 0.05) is 78.6 Å². The molecule has 1 aliphatic carbocycles. The maximum absolute atomic E-state index is 13.6. The van der Waals surface area contributed by atoms with Crippen LogP contribution in [-0.4, -0.2) is 120 Å². The summed E-state index contributed by atoms with van der Waals surface area (Å²) in [6, 6.07) is 16.0. The highest BCUT2D eigenvalue weighted by molar-refractivity contribution is 8.00. The van der Waals surface area contributed by atoms with Crippen LogP contribution in [0.4, 0.5) is 0 Å². The molecule has 5 fully saturated rings. The van der Waals surface area contributed by atoms with Crippen molar-refractivity contribution < 1.29 is 19.1 Å². The second-order valence-corrected chi connectivity index (χ2v) is 23.0. The molecule has 0 spiro atoms. The van der Waals surface area contributed by atoms with Gasteiger partial charge in [-0.1, -0.05) is 77.4 Å². The number of hydrogen-bond donors (Lipinski definition) is 6. The molecule has 6 aliphatic rings. The number of nitriles is 1. The molecule has 2 amide bonds. The summed E-state index contributed by atoms with van der Waals surface area (Å²) in [5, 5.41) is 24.1. The van der Waals surface area contributed by atoms with Crippen molar-refractivity contribution in [1.82, 2.24) is 41.9 Å². The van der Waals surface area contributed by atoms with E-state index in [0.29, 0.717) is 47.0 Å². The zero-order chi connectivity index (χ0) is 47.1. The zero-order valence-electron chi connectivity index (χ0n) is 40.3. The van der Waals surface area contributed by atoms with Gasteiger partial charge in [-0.2, -0.15) is 5.26 Å². The van der Waals surface area contributed by atoms with E-state index in [0.717, 1.165) is 56.7 Å². The molecular weight excluding hydrogens is 872 g/mol. The molecule has 2 aromatic carbocycles. The van der Waals surface area contributed by atoms with Gasteiger partial charge in [0.25, 0.3) is 0 Å². The molecule has 5 aliphatic heterocycles. The Balaban J connectivity index is 0.770. The van der Waals surface area contributed by atoms with E-state index >= 15 is 0 Å². The van der Waals surface area contributed by atoms with E-state index in [2.05, 4.69) is 121 Å². The van der Waals surface area contributed by atoms with Crippen LogP contribution in [0.5, 0.6) is 5.75 Å². The van der Waals surface area contributed by atoms with Crippen molar-refractivity contribution in [3.8, 4) is 11.8 Å². The number of halogens is 1. The summed E-state index contributed by atoms with van der Waals surface area (Å²) < 4.78 is 12.8. The average molecular weight is 946 g/mol. The summed E-state index contributed by atoms with van der Waals surface area (Å²) in [6.45, 7) is 23.2. The Morgan fingerprint density at radius 1 is 1.02 bits per heavy atom. The maximum atomic E-state index is 13.6. The number of hydrogen-bond acceptors (Lipinski definition) is 13. The Labute approximate surface area is 401 Å². The van der Waals surface area contributed by atoms with Gasteiger partial charge < -0.3 is 20.1 Å². The van der Waals surface area contributed by atoms with E-state index in [4.69, 9.17) is 26.1 Å². The maximum Gasteiger partial charge on any atom is 0.225 e. The van der Waals surface area contributed by atoms with E-state index in [1.807, 2.05) is 25.6 Å². The Morgan fingerprint density at radius 3 is 2.36 bits per heavy atom. The predicted molar refractivity (Wildman–Crippen MR) is 262 cm³/mol. The van der Waals surface area contributed by atoms with Crippen LogP contribution in [0.25, 0.3) is 0 Å². The van der Waals surface area contributed by atoms with E-state index in [1.54, 1.807) is 18.2 Å². The lowest BCUT2D eigenvalue weighted by molar-refractivity contribution is -0.174. The second kappa shape index (κ2) is 20.3. The number of rotatable bonds is 14. The van der Waals surface area contributed by atoms with Crippen LogP contribution in [0, 0.1) is 39.9 Å². The number of hydrazine groups is 1. The van der Waals surface area contributed by atoms with Crippen LogP contribution in [0.1, 0.15) is 105 Å². The normalized spacial score (nSPS) is 33.2. The number of likely N-dealkylation sites (tertiary alicyclic amines) is 1. The van der Waals surface area contributed by atoms with Crippen molar-refractivity contribution >= 4 is 40.9 Å². The Kier molecular flexibility index (Phi) is 15.1. The standard InChI is InChI=1S/C50H73ClN10O4S/c1-28(2)55-40(62)24-39-43-59-58-31(5)61(43)45-41(29(3)30(4)66-45)42(56-39)33-14-12-32(13-15-33)11-10-22-64-36-18-20-60(21-19-36)48-53-26-35(27-54-48)44(63)57-46-49(6,7)47(50(46,8)9)65-37-17-16-34(25-52)38(51)23-37/h12-17,23,28-31,35-36,39,41,43,45-48,53-54,58-59H,10-11,18-22,24,26-27H2,1-9H3,(H,55,62)(H,57,63)/t29?,30?,31?,35?,39-,41?,43?,45?,46?,47?,48?/m0/s1. The summed E-state index contributed by atoms with van der Waals surface area (Å²) >= 11 is 8.32. The summed E-state index contributed by atoms with van der Waals surface area (Å²) in [5.41, 5.74) is 10.3. The summed E-state index contributed by atoms with van der Waals surface area (Å²) in [5.74, 6) is 1.22. The molecule has 6 N–H and O–H groups in total. The minimum absolute atomic E-state index is 0.0325. The minimum atomic E-state index is -0.314. The summed E-state index contributed by atoms with van der Waals surface area (Å²) in [7, 11) is 0. The lowest BCUT2D eigenvalue weighted by atomic mass is 9.49. The number of nitrogens with one attached hydrogen (secondary N) is 6. The number of fused-ring (bicyclic) bond motifs is 3. The Bertz CT molecular complexity index is 2100. The molecule has 7 atom stereocenters. The molecule has 1 saturated carbocycles. The molecule has 6 unspecified atom stereocenters. The SMILES string of the molecule is CC(C)NC(=O)C[C@@H]1N=C(c2ccc(CCCOC3CCN(C4NCC(C(=O)NC5C(C)(C)C(Oc6ccc(C#N)c(Cl)c6)C5(C)C)CN4)CC3)cc2)C2C(C)C(C)SC2N2C(C)NNC12. The smallest absolute Gasteiger partial charge is 0.225 e. The van der Waals surface area contributed by atoms with Crippen molar-refractivity contribution in [2.45, 2.75) is 154 Å². The fraction of sp³-hybridized carbons (Fsp3) is 0.680. The molecule has 16 heteroatoms. The largest absolute Gasteiger partial charge is 0.489 e. The number of benzene rings is 2. The quantitative estimate of drug-likeness (QED) is 0.130. The Hall–Kier alpha value is -3.30. The van der Waals surface area contributed by atoms with Crippen LogP contribution in [0.15, 0.2) is 47.5 Å². The van der Waals surface area contributed by atoms with Gasteiger partial charge in [-0.05, 0) is 75.6 Å². The van der Waals surface area contributed by atoms with Crippen LogP contribution < -0.4 is 36.9 Å². The van der Waals surface area contributed by atoms with Gasteiger partial charge in [0.15, 0.2) is 0 Å². The van der Waals surface area contributed by atoms with Crippen LogP contribution in [-0.2, 0) is 20.7 Å². The lowest BCUT2D eigenvalue weighted by Gasteiger charge is -2.63. The molecule has 0 radical (unpaired) electrons. The van der Waals surface area contributed by atoms with Gasteiger partial charge >= 0.3 is 0 Å². The third-order valence-electron chi connectivity index (χ3n) is 15.3. The van der Waals surface area contributed by atoms with Crippen LogP contribution in [0.3, 0.4) is 0 Å². The van der Waals surface area contributed by atoms with Gasteiger partial charge in [0.1, 0.15) is 24.2 Å². The number of thioether (sulfide) groups is 1. The van der Waals surface area contributed by atoms with Crippen LogP contribution >= 0.6 is 23.4 Å². The number of carbonyl (C=O) groups excluding carboxylic acids is 2. The number of piperidine rings is 1. The van der Waals surface area contributed by atoms with Gasteiger partial charge in [-0.25, -0.2) is 10.9 Å². The fourth-order valence-electron chi connectivity index (χ4n) is 11.8. The number of nitrogens with zero attached hydrogens (tertiary/aromatic N) is 4. The van der Waals surface area contributed by atoms with Crippen molar-refractivity contribution in [2.24, 2.45) is 33.6 Å². The highest BCUT2D eigenvalue weighted by atomic mass is 35.5. The van der Waals surface area contributed by atoms with Gasteiger partial charge in [0.05, 0.1) is 52.8 Å². The van der Waals surface area contributed by atoms with Gasteiger partial charge in [-0.3, -0.25) is 35.0 Å². The molecule has 0 aromatic heterocycles. The first-order valence-electron chi connectivity index (χ1n) is 24.4. The number of amides is 2. The minimum Gasteiger partial charge on any atom is -0.489 e. The number of ether oxygens (including phenoxy) is 2. The zero-order valence-corrected chi connectivity index (χ0v) is 41.9. The number of aryl methyl sites for hydroxylation is 1. The first-order chi connectivity index (χ1) is 31.5. The monoisotopic (exact) mass is 945 g/mol. The van der Waals surface area contributed by atoms with E-state index in [1.165, 1.54) is 5.56 Å². The summed E-state index contributed by atoms with van der Waals surface area (Å²) in [4.78, 5) is 37.2. The van der Waals surface area contributed by atoms with Gasteiger partial charge in [0.2, 0.25) is 11.8 Å². The molecule has 8 rings (SSSR count). The fourth-order valence-corrected chi connectivity index (χ4v) is 13.9. The third kappa shape index (κ3) is 10.2. The molecule has 5 heterocycles. The molecule has 14 nitrogen and oxygen atoms in total. The molecule has 4 saturated heterocycles. The Morgan fingerprint density at radius 2 is 1.71 bits per heavy atom. The highest BCUT2D eigenvalue weighted by Gasteiger charge is 2.64. The average Bonchev–Trinajstić information content (AvgIpc) is 3.77. The van der Waals surface area contributed by atoms with E-state index in [9.17, 15) is 14.9 Å². The second-order valence-electron chi connectivity index (χ2n) is 21.1. The highest BCUT2D eigenvalue weighted by Crippen LogP contribution is 2.56. The first kappa shape index (κ1) is 49.1. The third-order valence-corrected chi connectivity index (χ3v) is 17.3. The van der Waals surface area contributed by atoms with E-state index in [-0.39, 0.29) is 88.8 Å². The van der Waals surface area contributed by atoms with E-state index < -0.39 is 0 Å². The molecular formula is C50H73ClN10O4S. The topological polar surface area (TPSA) is 167 Å². The van der Waals surface area contributed by atoms with Crippen molar-refractivity contribution in [3.05, 3.63) is 64.2 Å². The predicted octanol–water partition coefficient (Wildman–Crippen LogP) is 5.60. The summed E-state index contributed by atoms with van der Waals surface area (Å²) in [6.07, 6.45) is 4.40. The molecule has 0 bridgehead atoms. The van der Waals surface area contributed by atoms with Crippen molar-refractivity contribution in [2.75, 3.05) is 32.8 Å². The molecule has 360 valence electrons. The number of carbonyl (C=O) groups is 2. The first-order valence-corrected chi connectivity index (χ1v) is 25.7. The molecule has 2 aromatic rings. The van der Waals surface area contributed by atoms with Crippen molar-refractivity contribution in [3.63, 3.8) is 0 Å². The molecule has 66 heavy (non-hydrogen) atoms. The van der Waals surface area contributed by atoms with Gasteiger partial charge in [-0.15, -0.1) is 11.8 Å². The number of aliphatic imine (C=N–C) groups is 1. The van der Waals surface area contributed by atoms with Crippen LogP contribution in [0.2, 0.25) is 5.02 Å².